The van der Waals surface area contributed by atoms with Gasteiger partial charge in [-0.15, -0.1) is 0 Å². The van der Waals surface area contributed by atoms with E-state index in [1.807, 2.05) is 25.1 Å². The molecule has 0 aliphatic carbocycles. The first-order chi connectivity index (χ1) is 17.3. The van der Waals surface area contributed by atoms with Gasteiger partial charge in [0.05, 0.1) is 17.3 Å². The van der Waals surface area contributed by atoms with Crippen LogP contribution in [0.4, 0.5) is 4.39 Å². The van der Waals surface area contributed by atoms with Crippen molar-refractivity contribution in [2.75, 3.05) is 0 Å². The van der Waals surface area contributed by atoms with Crippen LogP contribution in [-0.4, -0.2) is 22.0 Å². The van der Waals surface area contributed by atoms with Crippen LogP contribution in [0.3, 0.4) is 0 Å². The molecule has 0 spiro atoms. The third-order valence-corrected chi connectivity index (χ3v) is 6.33. The largest absolute Gasteiger partial charge is 0.481 e. The molecule has 184 valence electrons. The molecule has 0 unspecified atom stereocenters. The Morgan fingerprint density at radius 2 is 1.72 bits per heavy atom. The van der Waals surface area contributed by atoms with Crippen LogP contribution in [0.5, 0.6) is 0 Å². The normalized spacial score (nSPS) is 11.9. The third kappa shape index (κ3) is 6.26. The van der Waals surface area contributed by atoms with E-state index in [4.69, 9.17) is 21.7 Å². The Morgan fingerprint density at radius 3 is 2.42 bits per heavy atom. The molecule has 0 bridgehead atoms. The first-order valence-electron chi connectivity index (χ1n) is 11.8. The van der Waals surface area contributed by atoms with Crippen molar-refractivity contribution in [2.45, 2.75) is 38.6 Å². The van der Waals surface area contributed by atoms with Gasteiger partial charge < -0.3 is 10.4 Å². The lowest BCUT2D eigenvalue weighted by atomic mass is 9.98. The lowest BCUT2D eigenvalue weighted by molar-refractivity contribution is -0.137. The Bertz CT molecular complexity index is 1390. The number of amides is 1. The predicted octanol–water partition coefficient (Wildman–Crippen LogP) is 6.98. The van der Waals surface area contributed by atoms with Gasteiger partial charge in [-0.1, -0.05) is 23.7 Å². The second kappa shape index (κ2) is 11.3. The first kappa shape index (κ1) is 25.3. The molecule has 0 saturated carbocycles. The maximum atomic E-state index is 13.5. The Kier molecular flexibility index (Phi) is 7.96. The number of carboxylic acids is 1. The maximum absolute atomic E-state index is 13.5. The summed E-state index contributed by atoms with van der Waals surface area (Å²) in [5.74, 6) is -1.36. The number of aliphatic carboxylic acids is 1. The molecule has 1 heterocycles. The maximum Gasteiger partial charge on any atom is 0.303 e. The van der Waals surface area contributed by atoms with Crippen LogP contribution in [0.2, 0.25) is 5.02 Å². The van der Waals surface area contributed by atoms with Gasteiger partial charge in [0.1, 0.15) is 5.82 Å². The monoisotopic (exact) mass is 504 g/mol. The van der Waals surface area contributed by atoms with Gasteiger partial charge in [0.2, 0.25) is 0 Å². The van der Waals surface area contributed by atoms with Crippen LogP contribution in [0.15, 0.2) is 72.8 Å². The number of hydrogen-bond donors (Lipinski definition) is 2. The number of rotatable bonds is 9. The molecule has 4 rings (SSSR count). The smallest absolute Gasteiger partial charge is 0.303 e. The molecule has 0 aliphatic rings. The fourth-order valence-corrected chi connectivity index (χ4v) is 4.24. The second-order valence-electron chi connectivity index (χ2n) is 8.76. The van der Waals surface area contributed by atoms with Crippen molar-refractivity contribution in [3.8, 4) is 11.3 Å². The number of carboxylic acid groups (broad SMARTS) is 1. The summed E-state index contributed by atoms with van der Waals surface area (Å²) in [5, 5.41) is 13.4. The summed E-state index contributed by atoms with van der Waals surface area (Å²) in [5.41, 5.74) is 4.60. The molecule has 0 fully saturated rings. The fourth-order valence-electron chi connectivity index (χ4n) is 4.12. The van der Waals surface area contributed by atoms with E-state index in [-0.39, 0.29) is 24.2 Å². The highest BCUT2D eigenvalue weighted by molar-refractivity contribution is 6.30. The molecule has 1 amide bonds. The van der Waals surface area contributed by atoms with Crippen LogP contribution >= 0.6 is 11.6 Å². The number of fused-ring (bicyclic) bond motifs is 1. The Hall–Kier alpha value is -3.77. The SMILES string of the molecule is C[C@@H](NC(=O)c1ccc2nc(-c3ccc(F)cc3)c(CCCCC(=O)O)cc2c1)c1ccc(Cl)cc1. The van der Waals surface area contributed by atoms with E-state index in [9.17, 15) is 14.0 Å². The molecular weight excluding hydrogens is 479 g/mol. The van der Waals surface area contributed by atoms with Crippen LogP contribution in [0.1, 0.15) is 53.7 Å². The van der Waals surface area contributed by atoms with E-state index >= 15 is 0 Å². The summed E-state index contributed by atoms with van der Waals surface area (Å²) in [6.07, 6.45) is 1.93. The van der Waals surface area contributed by atoms with Gasteiger partial charge in [-0.3, -0.25) is 9.59 Å². The van der Waals surface area contributed by atoms with Gasteiger partial charge in [0.15, 0.2) is 0 Å². The van der Waals surface area contributed by atoms with Crippen molar-refractivity contribution in [2.24, 2.45) is 0 Å². The molecule has 36 heavy (non-hydrogen) atoms. The van der Waals surface area contributed by atoms with Crippen molar-refractivity contribution in [1.82, 2.24) is 10.3 Å². The number of benzene rings is 3. The number of aromatic nitrogens is 1. The number of carbonyl (C=O) groups excluding carboxylic acids is 1. The van der Waals surface area contributed by atoms with E-state index in [0.717, 1.165) is 27.8 Å². The summed E-state index contributed by atoms with van der Waals surface area (Å²) in [7, 11) is 0. The Labute approximate surface area is 214 Å². The minimum atomic E-state index is -0.825. The predicted molar refractivity (Wildman–Crippen MR) is 140 cm³/mol. The van der Waals surface area contributed by atoms with E-state index < -0.39 is 5.97 Å². The third-order valence-electron chi connectivity index (χ3n) is 6.08. The zero-order valence-electron chi connectivity index (χ0n) is 19.8. The Morgan fingerprint density at radius 1 is 1.00 bits per heavy atom. The van der Waals surface area contributed by atoms with Crippen molar-refractivity contribution in [3.63, 3.8) is 0 Å². The first-order valence-corrected chi connectivity index (χ1v) is 12.2. The summed E-state index contributed by atoms with van der Waals surface area (Å²) < 4.78 is 13.5. The lowest BCUT2D eigenvalue weighted by Gasteiger charge is -2.15. The topological polar surface area (TPSA) is 79.3 Å². The average molecular weight is 505 g/mol. The van der Waals surface area contributed by atoms with Gasteiger partial charge in [-0.25, -0.2) is 9.37 Å². The summed E-state index contributed by atoms with van der Waals surface area (Å²) >= 11 is 5.96. The highest BCUT2D eigenvalue weighted by atomic mass is 35.5. The number of pyridine rings is 1. The van der Waals surface area contributed by atoms with Gasteiger partial charge in [-0.05, 0) is 98.0 Å². The van der Waals surface area contributed by atoms with Crippen LogP contribution in [0, 0.1) is 5.82 Å². The van der Waals surface area contributed by atoms with Crippen molar-refractivity contribution in [3.05, 3.63) is 100 Å². The van der Waals surface area contributed by atoms with E-state index in [1.54, 1.807) is 42.5 Å². The molecule has 0 radical (unpaired) electrons. The number of carbonyl (C=O) groups is 2. The van der Waals surface area contributed by atoms with Crippen LogP contribution < -0.4 is 5.32 Å². The minimum absolute atomic E-state index is 0.100. The summed E-state index contributed by atoms with van der Waals surface area (Å²) in [4.78, 5) is 28.7. The fraction of sp³-hybridized carbons (Fsp3) is 0.207. The number of nitrogens with one attached hydrogen (secondary N) is 1. The van der Waals surface area contributed by atoms with Gasteiger partial charge >= 0.3 is 5.97 Å². The second-order valence-corrected chi connectivity index (χ2v) is 9.19. The van der Waals surface area contributed by atoms with Gasteiger partial charge in [0.25, 0.3) is 5.91 Å². The quantitative estimate of drug-likeness (QED) is 0.241. The lowest BCUT2D eigenvalue weighted by Crippen LogP contribution is -2.26. The number of aryl methyl sites for hydroxylation is 1. The Balaban J connectivity index is 1.62. The minimum Gasteiger partial charge on any atom is -0.481 e. The molecule has 3 aromatic carbocycles. The number of unbranched alkanes of at least 4 members (excludes halogenated alkanes) is 1. The highest BCUT2D eigenvalue weighted by Gasteiger charge is 2.15. The zero-order chi connectivity index (χ0) is 25.7. The van der Waals surface area contributed by atoms with Crippen molar-refractivity contribution in [1.29, 1.82) is 0 Å². The molecule has 4 aromatic rings. The highest BCUT2D eigenvalue weighted by Crippen LogP contribution is 2.28. The molecule has 0 saturated heterocycles. The van der Waals surface area contributed by atoms with Crippen molar-refractivity contribution >= 4 is 34.4 Å². The summed E-state index contributed by atoms with van der Waals surface area (Å²) in [6.45, 7) is 1.91. The van der Waals surface area contributed by atoms with E-state index in [0.29, 0.717) is 35.4 Å². The molecule has 1 atom stereocenters. The number of halogens is 2. The molecule has 1 aromatic heterocycles. The molecule has 2 N–H and O–H groups in total. The van der Waals surface area contributed by atoms with Crippen LogP contribution in [-0.2, 0) is 11.2 Å². The number of hydrogen-bond acceptors (Lipinski definition) is 3. The summed E-state index contributed by atoms with van der Waals surface area (Å²) in [6, 6.07) is 20.6. The average Bonchev–Trinajstić information content (AvgIpc) is 2.86. The van der Waals surface area contributed by atoms with Gasteiger partial charge in [-0.2, -0.15) is 0 Å². The molecule has 7 heteroatoms. The molecule has 5 nitrogen and oxygen atoms in total. The standard InChI is InChI=1S/C29H26ClFN2O3/c1-18(19-6-11-24(30)12-7-19)32-29(36)22-10-15-26-23(17-22)16-21(4-2-3-5-27(34)35)28(33-26)20-8-13-25(31)14-9-20/h6-18H,2-5H2,1H3,(H,32,36)(H,34,35)/t18-/m1/s1. The zero-order valence-corrected chi connectivity index (χ0v) is 20.6. The van der Waals surface area contributed by atoms with Crippen LogP contribution in [0.25, 0.3) is 22.2 Å². The van der Waals surface area contributed by atoms with E-state index in [1.165, 1.54) is 12.1 Å². The number of nitrogens with zero attached hydrogens (tertiary/aromatic N) is 1. The van der Waals surface area contributed by atoms with Gasteiger partial charge in [0, 0.05) is 28.0 Å². The molecule has 0 aliphatic heterocycles. The van der Waals surface area contributed by atoms with Crippen molar-refractivity contribution < 1.29 is 19.1 Å². The van der Waals surface area contributed by atoms with E-state index in [2.05, 4.69) is 5.32 Å². The molecular formula is C29H26ClFN2O3.